The number of nitrogens with one attached hydrogen (secondary N) is 1. The van der Waals surface area contributed by atoms with Crippen molar-refractivity contribution in [2.24, 2.45) is 5.92 Å². The van der Waals surface area contributed by atoms with E-state index in [1.165, 1.54) is 6.33 Å². The molecule has 4 heterocycles. The van der Waals surface area contributed by atoms with E-state index in [-0.39, 0.29) is 11.8 Å². The molecule has 3 aromatic heterocycles. The number of hydrogen-bond acceptors (Lipinski definition) is 6. The standard InChI is InChI=1S/C18H21N7O/c1-12-13(2)22-18-20-11-21-25(18)17(12)24-8-5-14(6-9-24)16(26)23-15-4-3-7-19-10-15/h3-4,7,10-11,14H,5-6,8-9H2,1-2H3,(H,23,26). The van der Waals surface area contributed by atoms with Crippen LogP contribution in [0.3, 0.4) is 0 Å². The molecular weight excluding hydrogens is 330 g/mol. The van der Waals surface area contributed by atoms with Gasteiger partial charge < -0.3 is 10.2 Å². The molecule has 3 aromatic rings. The second kappa shape index (κ2) is 6.70. The van der Waals surface area contributed by atoms with Crippen molar-refractivity contribution in [3.63, 3.8) is 0 Å². The number of carbonyl (C=O) groups is 1. The van der Waals surface area contributed by atoms with Crippen LogP contribution in [0.4, 0.5) is 11.5 Å². The number of pyridine rings is 1. The van der Waals surface area contributed by atoms with E-state index < -0.39 is 0 Å². The van der Waals surface area contributed by atoms with E-state index in [1.807, 2.05) is 19.1 Å². The number of carbonyl (C=O) groups excluding carboxylic acids is 1. The average molecular weight is 351 g/mol. The third-order valence-electron chi connectivity index (χ3n) is 4.97. The van der Waals surface area contributed by atoms with Gasteiger partial charge >= 0.3 is 0 Å². The monoisotopic (exact) mass is 351 g/mol. The molecule has 1 aliphatic rings. The Balaban J connectivity index is 1.48. The van der Waals surface area contributed by atoms with Crippen molar-refractivity contribution < 1.29 is 4.79 Å². The van der Waals surface area contributed by atoms with Gasteiger partial charge in [-0.05, 0) is 38.8 Å². The van der Waals surface area contributed by atoms with Crippen LogP contribution in [0.1, 0.15) is 24.1 Å². The first-order valence-electron chi connectivity index (χ1n) is 8.76. The Kier molecular flexibility index (Phi) is 4.24. The minimum Gasteiger partial charge on any atom is -0.356 e. The summed E-state index contributed by atoms with van der Waals surface area (Å²) in [6, 6.07) is 3.67. The molecule has 0 atom stereocenters. The molecule has 0 aromatic carbocycles. The lowest BCUT2D eigenvalue weighted by atomic mass is 9.95. The van der Waals surface area contributed by atoms with Gasteiger partial charge in [0.05, 0.1) is 11.9 Å². The highest BCUT2D eigenvalue weighted by molar-refractivity contribution is 5.92. The van der Waals surface area contributed by atoms with Crippen molar-refractivity contribution in [3.8, 4) is 0 Å². The minimum atomic E-state index is 0.000865. The zero-order valence-electron chi connectivity index (χ0n) is 14.9. The fraction of sp³-hybridized carbons (Fsp3) is 0.389. The molecule has 0 spiro atoms. The Bertz CT molecular complexity index is 929. The molecule has 8 nitrogen and oxygen atoms in total. The summed E-state index contributed by atoms with van der Waals surface area (Å²) in [5.74, 6) is 1.70. The van der Waals surface area contributed by atoms with Crippen LogP contribution < -0.4 is 10.2 Å². The summed E-state index contributed by atoms with van der Waals surface area (Å²) < 4.78 is 1.79. The van der Waals surface area contributed by atoms with Crippen LogP contribution in [0, 0.1) is 19.8 Å². The predicted molar refractivity (Wildman–Crippen MR) is 98.1 cm³/mol. The topological polar surface area (TPSA) is 88.3 Å². The van der Waals surface area contributed by atoms with E-state index in [4.69, 9.17) is 0 Å². The molecule has 1 saturated heterocycles. The van der Waals surface area contributed by atoms with Crippen molar-refractivity contribution in [3.05, 3.63) is 42.1 Å². The zero-order valence-corrected chi connectivity index (χ0v) is 14.9. The predicted octanol–water partition coefficient (Wildman–Crippen LogP) is 1.99. The summed E-state index contributed by atoms with van der Waals surface area (Å²) in [6.45, 7) is 5.64. The van der Waals surface area contributed by atoms with Gasteiger partial charge in [0, 0.05) is 36.5 Å². The molecule has 0 radical (unpaired) electrons. The second-order valence-corrected chi connectivity index (χ2v) is 6.61. The van der Waals surface area contributed by atoms with Crippen molar-refractivity contribution in [1.29, 1.82) is 0 Å². The normalized spacial score (nSPS) is 15.4. The third-order valence-corrected chi connectivity index (χ3v) is 4.97. The molecule has 1 aliphatic heterocycles. The molecule has 1 amide bonds. The van der Waals surface area contributed by atoms with Crippen LogP contribution in [0.25, 0.3) is 5.78 Å². The highest BCUT2D eigenvalue weighted by Crippen LogP contribution is 2.28. The lowest BCUT2D eigenvalue weighted by Crippen LogP contribution is -2.39. The maximum absolute atomic E-state index is 12.5. The molecule has 26 heavy (non-hydrogen) atoms. The summed E-state index contributed by atoms with van der Waals surface area (Å²) in [5.41, 5.74) is 2.79. The Labute approximate surface area is 151 Å². The van der Waals surface area contributed by atoms with Gasteiger partial charge in [-0.1, -0.05) is 0 Å². The molecule has 0 bridgehead atoms. The zero-order chi connectivity index (χ0) is 18.1. The van der Waals surface area contributed by atoms with E-state index in [9.17, 15) is 4.79 Å². The van der Waals surface area contributed by atoms with Crippen molar-refractivity contribution in [1.82, 2.24) is 24.6 Å². The highest BCUT2D eigenvalue weighted by Gasteiger charge is 2.27. The molecule has 134 valence electrons. The number of amides is 1. The number of nitrogens with zero attached hydrogens (tertiary/aromatic N) is 6. The number of fused-ring (bicyclic) bond motifs is 1. The summed E-state index contributed by atoms with van der Waals surface area (Å²) >= 11 is 0. The maximum Gasteiger partial charge on any atom is 0.254 e. The molecule has 0 saturated carbocycles. The first-order chi connectivity index (χ1) is 12.6. The number of rotatable bonds is 3. The number of hydrogen-bond donors (Lipinski definition) is 1. The van der Waals surface area contributed by atoms with Gasteiger partial charge in [0.15, 0.2) is 0 Å². The molecule has 0 aliphatic carbocycles. The smallest absolute Gasteiger partial charge is 0.254 e. The number of anilines is 2. The van der Waals surface area contributed by atoms with E-state index in [0.717, 1.165) is 48.7 Å². The van der Waals surface area contributed by atoms with Crippen molar-refractivity contribution >= 4 is 23.2 Å². The molecule has 4 rings (SSSR count). The molecule has 0 unspecified atom stereocenters. The molecule has 1 N–H and O–H groups in total. The Morgan fingerprint density at radius 3 is 2.81 bits per heavy atom. The summed E-state index contributed by atoms with van der Waals surface area (Å²) in [5, 5.41) is 7.28. The Morgan fingerprint density at radius 2 is 2.08 bits per heavy atom. The van der Waals surface area contributed by atoms with E-state index in [1.54, 1.807) is 16.9 Å². The first-order valence-corrected chi connectivity index (χ1v) is 8.76. The van der Waals surface area contributed by atoms with E-state index >= 15 is 0 Å². The number of aromatic nitrogens is 5. The van der Waals surface area contributed by atoms with Gasteiger partial charge in [0.25, 0.3) is 5.78 Å². The maximum atomic E-state index is 12.5. The van der Waals surface area contributed by atoms with E-state index in [0.29, 0.717) is 5.78 Å². The van der Waals surface area contributed by atoms with Gasteiger partial charge in [-0.15, -0.1) is 0 Å². The quantitative estimate of drug-likeness (QED) is 0.776. The van der Waals surface area contributed by atoms with Gasteiger partial charge in [-0.25, -0.2) is 4.98 Å². The van der Waals surface area contributed by atoms with Crippen LogP contribution in [-0.2, 0) is 4.79 Å². The fourth-order valence-electron chi connectivity index (χ4n) is 3.42. The van der Waals surface area contributed by atoms with Crippen molar-refractivity contribution in [2.45, 2.75) is 26.7 Å². The lowest BCUT2D eigenvalue weighted by molar-refractivity contribution is -0.120. The number of aryl methyl sites for hydroxylation is 1. The molecule has 8 heteroatoms. The summed E-state index contributed by atoms with van der Waals surface area (Å²) in [4.78, 5) is 27.5. The Hall–Kier alpha value is -3.03. The lowest BCUT2D eigenvalue weighted by Gasteiger charge is -2.33. The first kappa shape index (κ1) is 16.4. The second-order valence-electron chi connectivity index (χ2n) is 6.61. The SMILES string of the molecule is Cc1nc2ncnn2c(N2CCC(C(=O)Nc3cccnc3)CC2)c1C. The average Bonchev–Trinajstić information content (AvgIpc) is 3.11. The van der Waals surface area contributed by atoms with Crippen molar-refractivity contribution in [2.75, 3.05) is 23.3 Å². The Morgan fingerprint density at radius 1 is 1.27 bits per heavy atom. The van der Waals surface area contributed by atoms with Crippen LogP contribution in [-0.4, -0.2) is 43.6 Å². The van der Waals surface area contributed by atoms with Gasteiger partial charge in [0.1, 0.15) is 12.1 Å². The highest BCUT2D eigenvalue weighted by atomic mass is 16.1. The molecule has 1 fully saturated rings. The van der Waals surface area contributed by atoms with Gasteiger partial charge in [-0.2, -0.15) is 14.6 Å². The minimum absolute atomic E-state index is 0.000865. The summed E-state index contributed by atoms with van der Waals surface area (Å²) in [7, 11) is 0. The fourth-order valence-corrected chi connectivity index (χ4v) is 3.42. The number of piperidine rings is 1. The molecular formula is C18H21N7O. The van der Waals surface area contributed by atoms with Crippen LogP contribution >= 0.6 is 0 Å². The van der Waals surface area contributed by atoms with Crippen LogP contribution in [0.2, 0.25) is 0 Å². The largest absolute Gasteiger partial charge is 0.356 e. The van der Waals surface area contributed by atoms with E-state index in [2.05, 4.69) is 37.2 Å². The van der Waals surface area contributed by atoms with Crippen LogP contribution in [0.15, 0.2) is 30.9 Å². The third kappa shape index (κ3) is 2.98. The van der Waals surface area contributed by atoms with Gasteiger partial charge in [-0.3, -0.25) is 9.78 Å². The van der Waals surface area contributed by atoms with Gasteiger partial charge in [0.2, 0.25) is 5.91 Å². The van der Waals surface area contributed by atoms with Crippen LogP contribution in [0.5, 0.6) is 0 Å². The summed E-state index contributed by atoms with van der Waals surface area (Å²) in [6.07, 6.45) is 6.47.